The number of carboxylic acids is 1. The first-order chi connectivity index (χ1) is 10.0. The van der Waals surface area contributed by atoms with E-state index in [2.05, 4.69) is 5.32 Å². The van der Waals surface area contributed by atoms with E-state index in [4.69, 9.17) is 16.7 Å². The van der Waals surface area contributed by atoms with Crippen molar-refractivity contribution in [3.63, 3.8) is 0 Å². The third-order valence-electron chi connectivity index (χ3n) is 3.25. The number of rotatable bonds is 2. The van der Waals surface area contributed by atoms with E-state index in [1.165, 1.54) is 12.1 Å². The fraction of sp³-hybridized carbons (Fsp3) is 0.0667. The summed E-state index contributed by atoms with van der Waals surface area (Å²) in [6.07, 6.45) is 0. The van der Waals surface area contributed by atoms with Gasteiger partial charge in [0.1, 0.15) is 6.54 Å². The van der Waals surface area contributed by atoms with Crippen molar-refractivity contribution in [1.29, 1.82) is 0 Å². The van der Waals surface area contributed by atoms with Gasteiger partial charge in [0, 0.05) is 10.7 Å². The molecule has 0 saturated heterocycles. The number of carbonyl (C=O) groups excluding carboxylic acids is 1. The van der Waals surface area contributed by atoms with Crippen LogP contribution in [0.5, 0.6) is 0 Å². The smallest absolute Gasteiger partial charge is 0.335 e. The zero-order valence-corrected chi connectivity index (χ0v) is 11.6. The van der Waals surface area contributed by atoms with Crippen LogP contribution in [0.4, 0.5) is 17.1 Å². The zero-order chi connectivity index (χ0) is 15.0. The first-order valence-electron chi connectivity index (χ1n) is 6.25. The first-order valence-corrected chi connectivity index (χ1v) is 6.63. The Kier molecular flexibility index (Phi) is 3.27. The van der Waals surface area contributed by atoms with E-state index >= 15 is 0 Å². The predicted molar refractivity (Wildman–Crippen MR) is 80.5 cm³/mol. The molecule has 0 atom stereocenters. The minimum absolute atomic E-state index is 0.131. The molecule has 1 aliphatic heterocycles. The quantitative estimate of drug-likeness (QED) is 0.894. The minimum atomic E-state index is -1.03. The highest BCUT2D eigenvalue weighted by atomic mass is 35.5. The highest BCUT2D eigenvalue weighted by Gasteiger charge is 2.24. The Labute approximate surface area is 125 Å². The summed E-state index contributed by atoms with van der Waals surface area (Å²) in [5.74, 6) is -1.23. The largest absolute Gasteiger partial charge is 0.478 e. The number of carboxylic acid groups (broad SMARTS) is 1. The van der Waals surface area contributed by atoms with E-state index in [0.29, 0.717) is 10.7 Å². The molecule has 1 heterocycles. The number of nitrogens with one attached hydrogen (secondary N) is 1. The maximum absolute atomic E-state index is 11.8. The third kappa shape index (κ3) is 2.55. The van der Waals surface area contributed by atoms with Gasteiger partial charge >= 0.3 is 5.97 Å². The summed E-state index contributed by atoms with van der Waals surface area (Å²) in [5, 5.41) is 12.3. The van der Waals surface area contributed by atoms with Gasteiger partial charge in [-0.2, -0.15) is 0 Å². The van der Waals surface area contributed by atoms with Crippen LogP contribution in [0.15, 0.2) is 42.5 Å². The molecule has 0 saturated carbocycles. The molecule has 21 heavy (non-hydrogen) atoms. The lowest BCUT2D eigenvalue weighted by Crippen LogP contribution is -2.35. The maximum Gasteiger partial charge on any atom is 0.335 e. The van der Waals surface area contributed by atoms with Crippen molar-refractivity contribution in [1.82, 2.24) is 0 Å². The second-order valence-corrected chi connectivity index (χ2v) is 5.08. The Balaban J connectivity index is 2.07. The molecule has 2 N–H and O–H groups in total. The van der Waals surface area contributed by atoms with E-state index in [-0.39, 0.29) is 18.0 Å². The second-order valence-electron chi connectivity index (χ2n) is 4.65. The second kappa shape index (κ2) is 5.10. The topological polar surface area (TPSA) is 69.6 Å². The monoisotopic (exact) mass is 302 g/mol. The Morgan fingerprint density at radius 3 is 2.57 bits per heavy atom. The van der Waals surface area contributed by atoms with Gasteiger partial charge in [-0.25, -0.2) is 4.79 Å². The van der Waals surface area contributed by atoms with Crippen molar-refractivity contribution in [3.05, 3.63) is 53.1 Å². The number of halogens is 1. The van der Waals surface area contributed by atoms with Crippen LogP contribution in [0.25, 0.3) is 0 Å². The fourth-order valence-corrected chi connectivity index (χ4v) is 2.40. The van der Waals surface area contributed by atoms with Crippen LogP contribution in [-0.2, 0) is 4.79 Å². The Morgan fingerprint density at radius 1 is 1.19 bits per heavy atom. The molecular weight excluding hydrogens is 292 g/mol. The van der Waals surface area contributed by atoms with Crippen LogP contribution in [0, 0.1) is 0 Å². The summed E-state index contributed by atoms with van der Waals surface area (Å²) in [6, 6.07) is 11.8. The molecule has 2 aromatic carbocycles. The number of hydrogen-bond acceptors (Lipinski definition) is 3. The van der Waals surface area contributed by atoms with Gasteiger partial charge in [-0.05, 0) is 42.5 Å². The number of hydrogen-bond donors (Lipinski definition) is 2. The van der Waals surface area contributed by atoms with Gasteiger partial charge in [-0.1, -0.05) is 11.6 Å². The summed E-state index contributed by atoms with van der Waals surface area (Å²) < 4.78 is 0. The molecule has 0 bridgehead atoms. The molecule has 106 valence electrons. The number of carbonyl (C=O) groups is 2. The van der Waals surface area contributed by atoms with Crippen LogP contribution in [0.2, 0.25) is 5.02 Å². The van der Waals surface area contributed by atoms with Crippen LogP contribution in [0.1, 0.15) is 10.4 Å². The standard InChI is InChI=1S/C15H11ClN2O3/c16-10-2-4-11(5-3-10)18-8-14(19)17-12-7-9(15(20)21)1-6-13(12)18/h1-7H,8H2,(H,17,19)(H,20,21). The van der Waals surface area contributed by atoms with Gasteiger partial charge in [0.25, 0.3) is 0 Å². The van der Waals surface area contributed by atoms with Crippen molar-refractivity contribution < 1.29 is 14.7 Å². The van der Waals surface area contributed by atoms with Crippen molar-refractivity contribution in [2.45, 2.75) is 0 Å². The molecular formula is C15H11ClN2O3. The van der Waals surface area contributed by atoms with E-state index < -0.39 is 5.97 Å². The molecule has 6 heteroatoms. The number of benzene rings is 2. The Bertz CT molecular complexity index is 728. The first kappa shape index (κ1) is 13.5. The lowest BCUT2D eigenvalue weighted by atomic mass is 10.1. The summed E-state index contributed by atoms with van der Waals surface area (Å²) in [5.41, 5.74) is 2.19. The van der Waals surface area contributed by atoms with Crippen LogP contribution >= 0.6 is 11.6 Å². The molecule has 0 aliphatic carbocycles. The van der Waals surface area contributed by atoms with Gasteiger partial charge in [0.15, 0.2) is 0 Å². The average Bonchev–Trinajstić information content (AvgIpc) is 2.46. The van der Waals surface area contributed by atoms with Gasteiger partial charge in [0.2, 0.25) is 5.91 Å². The molecule has 0 aromatic heterocycles. The molecule has 0 unspecified atom stereocenters. The molecule has 2 aromatic rings. The molecule has 0 radical (unpaired) electrons. The summed E-state index contributed by atoms with van der Waals surface area (Å²) in [4.78, 5) is 24.7. The summed E-state index contributed by atoms with van der Waals surface area (Å²) in [6.45, 7) is 0.168. The predicted octanol–water partition coefficient (Wildman–Crippen LogP) is 3.13. The number of nitrogens with zero attached hydrogens (tertiary/aromatic N) is 1. The molecule has 5 nitrogen and oxygen atoms in total. The number of aromatic carboxylic acids is 1. The number of amides is 1. The van der Waals surface area contributed by atoms with E-state index in [9.17, 15) is 9.59 Å². The van der Waals surface area contributed by atoms with Gasteiger partial charge in [0.05, 0.1) is 16.9 Å². The minimum Gasteiger partial charge on any atom is -0.478 e. The number of anilines is 3. The van der Waals surface area contributed by atoms with E-state index in [0.717, 1.165) is 11.4 Å². The van der Waals surface area contributed by atoms with Gasteiger partial charge in [-0.3, -0.25) is 4.79 Å². The molecule has 0 fully saturated rings. The lowest BCUT2D eigenvalue weighted by molar-refractivity contribution is -0.115. The van der Waals surface area contributed by atoms with Crippen molar-refractivity contribution in [2.24, 2.45) is 0 Å². The van der Waals surface area contributed by atoms with Crippen molar-refractivity contribution in [2.75, 3.05) is 16.8 Å². The molecule has 3 rings (SSSR count). The zero-order valence-electron chi connectivity index (χ0n) is 10.8. The van der Waals surface area contributed by atoms with Crippen LogP contribution in [-0.4, -0.2) is 23.5 Å². The Hall–Kier alpha value is -2.53. The van der Waals surface area contributed by atoms with Gasteiger partial charge in [-0.15, -0.1) is 0 Å². The number of fused-ring (bicyclic) bond motifs is 1. The lowest BCUT2D eigenvalue weighted by Gasteiger charge is -2.31. The molecule has 1 amide bonds. The van der Waals surface area contributed by atoms with Gasteiger partial charge < -0.3 is 15.3 Å². The van der Waals surface area contributed by atoms with E-state index in [1.54, 1.807) is 18.2 Å². The summed E-state index contributed by atoms with van der Waals surface area (Å²) >= 11 is 5.87. The average molecular weight is 303 g/mol. The van der Waals surface area contributed by atoms with Crippen molar-refractivity contribution in [3.8, 4) is 0 Å². The maximum atomic E-state index is 11.8. The molecule has 1 aliphatic rings. The Morgan fingerprint density at radius 2 is 1.90 bits per heavy atom. The highest BCUT2D eigenvalue weighted by Crippen LogP contribution is 2.36. The SMILES string of the molecule is O=C1CN(c2ccc(Cl)cc2)c2ccc(C(=O)O)cc2N1. The van der Waals surface area contributed by atoms with Crippen LogP contribution < -0.4 is 10.2 Å². The van der Waals surface area contributed by atoms with E-state index in [1.807, 2.05) is 17.0 Å². The third-order valence-corrected chi connectivity index (χ3v) is 3.50. The molecule has 0 spiro atoms. The fourth-order valence-electron chi connectivity index (χ4n) is 2.27. The normalized spacial score (nSPS) is 13.6. The summed E-state index contributed by atoms with van der Waals surface area (Å²) in [7, 11) is 0. The van der Waals surface area contributed by atoms with Crippen molar-refractivity contribution >= 4 is 40.5 Å². The highest BCUT2D eigenvalue weighted by molar-refractivity contribution is 6.30. The van der Waals surface area contributed by atoms with Crippen LogP contribution in [0.3, 0.4) is 0 Å².